The summed E-state index contributed by atoms with van der Waals surface area (Å²) in [5.74, 6) is -0.853. The van der Waals surface area contributed by atoms with Crippen LogP contribution in [0.5, 0.6) is 0 Å². The Balaban J connectivity index is 3.50. The first-order valence-corrected chi connectivity index (χ1v) is 2.75. The van der Waals surface area contributed by atoms with E-state index in [0.717, 1.165) is 0 Å². The quantitative estimate of drug-likeness (QED) is 0.342. The molecule has 0 aromatic rings. The third-order valence-electron chi connectivity index (χ3n) is 0.561. The minimum Gasteiger partial charge on any atom is -0.319 e. The van der Waals surface area contributed by atoms with Crippen molar-refractivity contribution < 1.29 is 19.4 Å². The number of carbonyl (C=O) groups excluding carboxylic acids is 2. The van der Waals surface area contributed by atoms with Crippen LogP contribution in [0.25, 0.3) is 0 Å². The van der Waals surface area contributed by atoms with Crippen molar-refractivity contribution in [2.45, 2.75) is 13.0 Å². The van der Waals surface area contributed by atoms with Crippen LogP contribution in [0.4, 0.5) is 4.79 Å². The van der Waals surface area contributed by atoms with E-state index in [1.54, 1.807) is 0 Å². The maximum atomic E-state index is 10.4. The zero-order chi connectivity index (χ0) is 8.15. The molecule has 1 atom stereocenters. The average molecular weight is 168 g/mol. The maximum Gasteiger partial charge on any atom is 0.448 e. The van der Waals surface area contributed by atoms with Crippen molar-refractivity contribution >= 4 is 23.0 Å². The molecule has 0 aliphatic rings. The molecule has 6 heteroatoms. The summed E-state index contributed by atoms with van der Waals surface area (Å²) in [6, 6.07) is -0.837. The highest BCUT2D eigenvalue weighted by Crippen LogP contribution is 1.90. The number of hydrogen-bond acceptors (Lipinski definition) is 5. The highest BCUT2D eigenvalue weighted by atomic mass is 35.5. The van der Waals surface area contributed by atoms with Gasteiger partial charge >= 0.3 is 11.4 Å². The second-order valence-corrected chi connectivity index (χ2v) is 1.82. The van der Waals surface area contributed by atoms with Crippen molar-refractivity contribution in [2.75, 3.05) is 0 Å². The van der Waals surface area contributed by atoms with Crippen LogP contribution in [0.1, 0.15) is 6.92 Å². The zero-order valence-corrected chi connectivity index (χ0v) is 5.92. The summed E-state index contributed by atoms with van der Waals surface area (Å²) in [5, 5.41) is 0. The van der Waals surface area contributed by atoms with Gasteiger partial charge in [-0.1, -0.05) is 0 Å². The molecule has 0 amide bonds. The van der Waals surface area contributed by atoms with Crippen molar-refractivity contribution in [1.82, 2.24) is 0 Å². The van der Waals surface area contributed by atoms with Gasteiger partial charge < -0.3 is 5.73 Å². The van der Waals surface area contributed by atoms with Crippen LogP contribution < -0.4 is 5.73 Å². The standard InChI is InChI=1S/C4H6ClNO4/c1-2(6)3(7)9-10-4(5)8/h2H,6H2,1H3. The largest absolute Gasteiger partial charge is 0.448 e. The fourth-order valence-corrected chi connectivity index (χ4v) is 0.181. The van der Waals surface area contributed by atoms with Crippen molar-refractivity contribution in [3.05, 3.63) is 0 Å². The predicted molar refractivity (Wildman–Crippen MR) is 32.1 cm³/mol. The van der Waals surface area contributed by atoms with E-state index in [1.807, 2.05) is 0 Å². The average Bonchev–Trinajstić information content (AvgIpc) is 1.82. The number of carbonyl (C=O) groups is 2. The highest BCUT2D eigenvalue weighted by molar-refractivity contribution is 6.61. The second kappa shape index (κ2) is 4.08. The van der Waals surface area contributed by atoms with E-state index in [-0.39, 0.29) is 0 Å². The van der Waals surface area contributed by atoms with Gasteiger partial charge in [0.05, 0.1) is 0 Å². The van der Waals surface area contributed by atoms with E-state index in [1.165, 1.54) is 6.92 Å². The number of rotatable bonds is 1. The van der Waals surface area contributed by atoms with Crippen LogP contribution >= 0.6 is 11.6 Å². The second-order valence-electron chi connectivity index (χ2n) is 1.51. The molecule has 0 radical (unpaired) electrons. The minimum absolute atomic E-state index is 0.837. The Hall–Kier alpha value is -0.810. The lowest BCUT2D eigenvalue weighted by Crippen LogP contribution is -2.28. The molecule has 10 heavy (non-hydrogen) atoms. The molecule has 0 fully saturated rings. The van der Waals surface area contributed by atoms with E-state index >= 15 is 0 Å². The first-order valence-electron chi connectivity index (χ1n) is 2.37. The lowest BCUT2D eigenvalue weighted by atomic mass is 10.4. The smallest absolute Gasteiger partial charge is 0.319 e. The highest BCUT2D eigenvalue weighted by Gasteiger charge is 2.11. The van der Waals surface area contributed by atoms with Crippen molar-refractivity contribution in [3.8, 4) is 0 Å². The number of halogens is 1. The molecule has 0 saturated heterocycles. The Bertz CT molecular complexity index is 146. The number of hydrogen-bond donors (Lipinski definition) is 1. The molecule has 0 bridgehead atoms. The van der Waals surface area contributed by atoms with Crippen molar-refractivity contribution in [1.29, 1.82) is 0 Å². The lowest BCUT2D eigenvalue weighted by molar-refractivity contribution is -0.228. The molecule has 0 aromatic carbocycles. The molecule has 0 saturated carbocycles. The van der Waals surface area contributed by atoms with E-state index < -0.39 is 17.4 Å². The first kappa shape index (κ1) is 9.19. The summed E-state index contributed by atoms with van der Waals surface area (Å²) < 4.78 is 0. The molecule has 0 heterocycles. The molecular weight excluding hydrogens is 161 g/mol. The molecule has 5 nitrogen and oxygen atoms in total. The number of nitrogens with two attached hydrogens (primary N) is 1. The normalized spacial score (nSPS) is 11.9. The SMILES string of the molecule is CC(N)C(=O)OOC(=O)Cl. The third kappa shape index (κ3) is 4.11. The van der Waals surface area contributed by atoms with Gasteiger partial charge in [0.15, 0.2) is 0 Å². The summed E-state index contributed by atoms with van der Waals surface area (Å²) in [5.41, 5.74) is 3.80. The van der Waals surface area contributed by atoms with Gasteiger partial charge in [0.1, 0.15) is 6.04 Å². The molecular formula is C4H6ClNO4. The van der Waals surface area contributed by atoms with Crippen LogP contribution in [0.2, 0.25) is 0 Å². The van der Waals surface area contributed by atoms with Crippen LogP contribution in [-0.2, 0) is 14.6 Å². The first-order chi connectivity index (χ1) is 4.54. The molecule has 2 N–H and O–H groups in total. The Kier molecular flexibility index (Phi) is 3.75. The Labute approximate surface area is 62.0 Å². The third-order valence-corrected chi connectivity index (χ3v) is 0.624. The van der Waals surface area contributed by atoms with Gasteiger partial charge in [-0.3, -0.25) is 0 Å². The van der Waals surface area contributed by atoms with Gasteiger partial charge in [0.25, 0.3) is 0 Å². The van der Waals surface area contributed by atoms with E-state index in [2.05, 4.69) is 21.4 Å². The van der Waals surface area contributed by atoms with Crippen LogP contribution in [0.3, 0.4) is 0 Å². The molecule has 0 rings (SSSR count). The van der Waals surface area contributed by atoms with E-state index in [4.69, 9.17) is 5.73 Å². The zero-order valence-electron chi connectivity index (χ0n) is 5.17. The van der Waals surface area contributed by atoms with Gasteiger partial charge in [0.2, 0.25) is 0 Å². The Morgan fingerprint density at radius 1 is 1.50 bits per heavy atom. The van der Waals surface area contributed by atoms with Crippen LogP contribution in [-0.4, -0.2) is 17.4 Å². The summed E-state index contributed by atoms with van der Waals surface area (Å²) in [7, 11) is 0. The monoisotopic (exact) mass is 167 g/mol. The van der Waals surface area contributed by atoms with Gasteiger partial charge in [0, 0.05) is 11.6 Å². The fourth-order valence-electron chi connectivity index (χ4n) is 0.150. The van der Waals surface area contributed by atoms with E-state index in [0.29, 0.717) is 0 Å². The van der Waals surface area contributed by atoms with Crippen LogP contribution in [0, 0.1) is 0 Å². The summed E-state index contributed by atoms with van der Waals surface area (Å²) in [6.45, 7) is 1.38. The molecule has 0 aliphatic carbocycles. The van der Waals surface area contributed by atoms with Gasteiger partial charge in [-0.25, -0.2) is 19.4 Å². The molecule has 58 valence electrons. The minimum atomic E-state index is -1.21. The van der Waals surface area contributed by atoms with Crippen LogP contribution in [0.15, 0.2) is 0 Å². The van der Waals surface area contributed by atoms with Gasteiger partial charge in [-0.2, -0.15) is 0 Å². The molecule has 0 aliphatic heterocycles. The lowest BCUT2D eigenvalue weighted by Gasteiger charge is -2.00. The summed E-state index contributed by atoms with van der Waals surface area (Å²) in [4.78, 5) is 27.6. The van der Waals surface area contributed by atoms with E-state index in [9.17, 15) is 9.59 Å². The fraction of sp³-hybridized carbons (Fsp3) is 0.500. The summed E-state index contributed by atoms with van der Waals surface area (Å²) in [6.07, 6.45) is 0. The Morgan fingerprint density at radius 2 is 2.00 bits per heavy atom. The Morgan fingerprint density at radius 3 is 2.30 bits per heavy atom. The van der Waals surface area contributed by atoms with Crippen molar-refractivity contribution in [2.24, 2.45) is 5.73 Å². The van der Waals surface area contributed by atoms with Gasteiger partial charge in [-0.15, -0.1) is 0 Å². The topological polar surface area (TPSA) is 78.6 Å². The predicted octanol–water partition coefficient (Wildman–Crippen LogP) is 0.167. The molecule has 0 spiro atoms. The van der Waals surface area contributed by atoms with Crippen molar-refractivity contribution in [3.63, 3.8) is 0 Å². The summed E-state index contributed by atoms with van der Waals surface area (Å²) >= 11 is 4.65. The maximum absolute atomic E-state index is 10.4. The molecule has 0 aromatic heterocycles. The molecule has 1 unspecified atom stereocenters. The van der Waals surface area contributed by atoms with Gasteiger partial charge in [-0.05, 0) is 6.92 Å².